The Morgan fingerprint density at radius 2 is 1.67 bits per heavy atom. The topological polar surface area (TPSA) is 77.7 Å². The zero-order chi connectivity index (χ0) is 22.2. The number of hydrogen-bond acceptors (Lipinski definition) is 6. The molecule has 6 rings (SSSR count). The first-order chi connectivity index (χ1) is 16.2. The van der Waals surface area contributed by atoms with E-state index in [1.54, 1.807) is 22.9 Å². The van der Waals surface area contributed by atoms with Gasteiger partial charge in [0.05, 0.1) is 17.6 Å². The molecule has 4 aromatic rings. The number of thioether (sulfide) groups is 1. The highest BCUT2D eigenvalue weighted by Crippen LogP contribution is 2.36. The van der Waals surface area contributed by atoms with E-state index in [-0.39, 0.29) is 12.7 Å². The number of nitrogens with one attached hydrogen (secondary N) is 1. The number of anilines is 1. The van der Waals surface area contributed by atoms with Crippen molar-refractivity contribution in [2.75, 3.05) is 12.1 Å². The molecule has 2 aliphatic rings. The number of ether oxygens (including phenoxy) is 2. The number of nitrogens with zero attached hydrogens (tertiary/aromatic N) is 3. The normalized spacial score (nSPS) is 16.1. The van der Waals surface area contributed by atoms with E-state index in [4.69, 9.17) is 19.6 Å². The van der Waals surface area contributed by atoms with Crippen LogP contribution in [0.5, 0.6) is 11.5 Å². The predicted octanol–water partition coefficient (Wildman–Crippen LogP) is 4.64. The van der Waals surface area contributed by atoms with Crippen LogP contribution in [0.25, 0.3) is 11.3 Å². The molecule has 0 bridgehead atoms. The van der Waals surface area contributed by atoms with E-state index in [9.17, 15) is 4.79 Å². The molecule has 1 N–H and O–H groups in total. The Morgan fingerprint density at radius 3 is 2.45 bits per heavy atom. The average molecular weight is 455 g/mol. The van der Waals surface area contributed by atoms with Gasteiger partial charge in [-0.1, -0.05) is 72.4 Å². The largest absolute Gasteiger partial charge is 0.454 e. The van der Waals surface area contributed by atoms with E-state index in [1.165, 1.54) is 11.8 Å². The smallest absolute Gasteiger partial charge is 0.244 e. The molecule has 7 nitrogen and oxygen atoms in total. The van der Waals surface area contributed by atoms with E-state index < -0.39 is 5.25 Å². The molecule has 0 spiro atoms. The van der Waals surface area contributed by atoms with Crippen molar-refractivity contribution in [3.05, 3.63) is 90.6 Å². The summed E-state index contributed by atoms with van der Waals surface area (Å²) >= 11 is 1.38. The van der Waals surface area contributed by atoms with Crippen molar-refractivity contribution in [1.29, 1.82) is 0 Å². The number of hydrogen-bond donors (Lipinski definition) is 1. The number of fused-ring (bicyclic) bond motifs is 2. The lowest BCUT2D eigenvalue weighted by Crippen LogP contribution is -2.35. The lowest BCUT2D eigenvalue weighted by Gasteiger charge is -2.22. The van der Waals surface area contributed by atoms with Crippen LogP contribution in [0, 0.1) is 0 Å². The highest BCUT2D eigenvalue weighted by Gasteiger charge is 2.33. The second-order valence-corrected chi connectivity index (χ2v) is 8.60. The van der Waals surface area contributed by atoms with Crippen molar-refractivity contribution in [3.8, 4) is 22.8 Å². The van der Waals surface area contributed by atoms with Gasteiger partial charge in [0.1, 0.15) is 5.25 Å². The van der Waals surface area contributed by atoms with Crippen LogP contribution in [-0.4, -0.2) is 33.3 Å². The first-order valence-corrected chi connectivity index (χ1v) is 11.3. The Labute approximate surface area is 194 Å². The first-order valence-electron chi connectivity index (χ1n) is 10.4. The molecule has 1 atom stereocenters. The zero-order valence-corrected chi connectivity index (χ0v) is 18.2. The highest BCUT2D eigenvalue weighted by atomic mass is 32.2. The van der Waals surface area contributed by atoms with Crippen molar-refractivity contribution in [2.45, 2.75) is 10.4 Å². The lowest BCUT2D eigenvalue weighted by molar-refractivity contribution is -0.114. The number of rotatable bonds is 4. The van der Waals surface area contributed by atoms with Gasteiger partial charge >= 0.3 is 0 Å². The predicted molar refractivity (Wildman–Crippen MR) is 127 cm³/mol. The Kier molecular flexibility index (Phi) is 4.84. The number of carbonyl (C=O) groups excluding carboxylic acids is 1. The number of amides is 1. The van der Waals surface area contributed by atoms with Crippen LogP contribution in [0.2, 0.25) is 0 Å². The maximum absolute atomic E-state index is 13.4. The van der Waals surface area contributed by atoms with Crippen LogP contribution in [0.1, 0.15) is 5.56 Å². The minimum Gasteiger partial charge on any atom is -0.454 e. The van der Waals surface area contributed by atoms with Gasteiger partial charge in [-0.25, -0.2) is 9.66 Å². The van der Waals surface area contributed by atoms with Gasteiger partial charge in [-0.05, 0) is 17.7 Å². The number of imidazole rings is 1. The Morgan fingerprint density at radius 1 is 0.939 bits per heavy atom. The average Bonchev–Trinajstić information content (AvgIpc) is 3.50. The van der Waals surface area contributed by atoms with E-state index in [2.05, 4.69) is 5.32 Å². The van der Waals surface area contributed by atoms with Crippen LogP contribution in [0.15, 0.2) is 95.3 Å². The molecule has 0 fully saturated rings. The fourth-order valence-corrected chi connectivity index (χ4v) is 4.79. The summed E-state index contributed by atoms with van der Waals surface area (Å²) < 4.78 is 12.5. The van der Waals surface area contributed by atoms with Gasteiger partial charge in [0.15, 0.2) is 16.7 Å². The summed E-state index contributed by atoms with van der Waals surface area (Å²) in [6.45, 7) is 0.183. The summed E-state index contributed by atoms with van der Waals surface area (Å²) in [5, 5.41) is 7.90. The summed E-state index contributed by atoms with van der Waals surface area (Å²) in [5.41, 5.74) is 4.00. The monoisotopic (exact) mass is 454 g/mol. The quantitative estimate of drug-likeness (QED) is 0.486. The molecular weight excluding hydrogens is 436 g/mol. The highest BCUT2D eigenvalue weighted by molar-refractivity contribution is 8.01. The summed E-state index contributed by atoms with van der Waals surface area (Å²) in [4.78, 5) is 18.2. The van der Waals surface area contributed by atoms with Gasteiger partial charge < -0.3 is 14.8 Å². The van der Waals surface area contributed by atoms with Crippen molar-refractivity contribution < 1.29 is 14.3 Å². The van der Waals surface area contributed by atoms with E-state index >= 15 is 0 Å². The molecule has 0 aliphatic carbocycles. The molecule has 33 heavy (non-hydrogen) atoms. The van der Waals surface area contributed by atoms with Gasteiger partial charge in [-0.3, -0.25) is 4.79 Å². The van der Waals surface area contributed by atoms with Gasteiger partial charge in [0, 0.05) is 17.3 Å². The molecule has 1 aromatic heterocycles. The number of benzene rings is 3. The van der Waals surface area contributed by atoms with Crippen molar-refractivity contribution in [1.82, 2.24) is 9.66 Å². The Hall–Kier alpha value is -4.04. The van der Waals surface area contributed by atoms with Gasteiger partial charge in [-0.2, -0.15) is 5.10 Å². The second kappa shape index (κ2) is 8.14. The summed E-state index contributed by atoms with van der Waals surface area (Å²) in [5.74, 6) is 1.10. The standard InChI is InChI=1S/C25H18N4O3S/c30-24(26-18-11-12-20-21(13-18)32-15-31-20)23-22(17-9-5-2-6-10-17)28-29-14-19(27-25(29)33-23)16-7-3-1-4-8-16/h1-14,23H,15H2,(H,26,30)/t23-/m1/s1. The molecule has 0 unspecified atom stereocenters. The fourth-order valence-electron chi connectivity index (χ4n) is 3.76. The maximum Gasteiger partial charge on any atom is 0.244 e. The van der Waals surface area contributed by atoms with Crippen LogP contribution < -0.4 is 14.8 Å². The molecule has 162 valence electrons. The first kappa shape index (κ1) is 19.6. The molecule has 8 heteroatoms. The van der Waals surface area contributed by atoms with Crippen molar-refractivity contribution >= 4 is 29.1 Å². The van der Waals surface area contributed by atoms with E-state index in [1.807, 2.05) is 66.9 Å². The van der Waals surface area contributed by atoms with Gasteiger partial charge in [0.2, 0.25) is 12.7 Å². The van der Waals surface area contributed by atoms with Crippen molar-refractivity contribution in [2.24, 2.45) is 5.10 Å². The molecule has 0 saturated carbocycles. The number of aromatic nitrogens is 2. The van der Waals surface area contributed by atoms with Crippen molar-refractivity contribution in [3.63, 3.8) is 0 Å². The molecule has 0 saturated heterocycles. The Bertz CT molecular complexity index is 1370. The van der Waals surface area contributed by atoms with E-state index in [0.717, 1.165) is 16.8 Å². The SMILES string of the molecule is O=C(Nc1ccc2c(c1)OCO2)[C@@H]1Sc2nc(-c3ccccc3)cn2N=C1c1ccccc1. The second-order valence-electron chi connectivity index (χ2n) is 7.53. The third-order valence-electron chi connectivity index (χ3n) is 5.36. The third-order valence-corrected chi connectivity index (χ3v) is 6.52. The lowest BCUT2D eigenvalue weighted by atomic mass is 10.1. The number of carbonyl (C=O) groups is 1. The maximum atomic E-state index is 13.4. The van der Waals surface area contributed by atoms with Gasteiger partial charge in [0.25, 0.3) is 0 Å². The molecular formula is C25H18N4O3S. The molecule has 1 amide bonds. The zero-order valence-electron chi connectivity index (χ0n) is 17.3. The Balaban J connectivity index is 1.35. The summed E-state index contributed by atoms with van der Waals surface area (Å²) in [7, 11) is 0. The fraction of sp³-hybridized carbons (Fsp3) is 0.0800. The van der Waals surface area contributed by atoms with Crippen LogP contribution >= 0.6 is 11.8 Å². The minimum atomic E-state index is -0.573. The molecule has 3 aromatic carbocycles. The van der Waals surface area contributed by atoms with E-state index in [0.29, 0.717) is 28.1 Å². The third kappa shape index (κ3) is 3.74. The van der Waals surface area contributed by atoms with Crippen LogP contribution in [0.4, 0.5) is 5.69 Å². The summed E-state index contributed by atoms with van der Waals surface area (Å²) in [6.07, 6.45) is 1.90. The minimum absolute atomic E-state index is 0.183. The molecule has 2 aliphatic heterocycles. The van der Waals surface area contributed by atoms with Crippen LogP contribution in [0.3, 0.4) is 0 Å². The molecule has 0 radical (unpaired) electrons. The van der Waals surface area contributed by atoms with Gasteiger partial charge in [-0.15, -0.1) is 0 Å². The molecule has 3 heterocycles. The van der Waals surface area contributed by atoms with Crippen LogP contribution in [-0.2, 0) is 4.79 Å². The summed E-state index contributed by atoms with van der Waals surface area (Å²) in [6, 6.07) is 25.0.